The number of hydrogen-bond acceptors (Lipinski definition) is 7. The summed E-state index contributed by atoms with van der Waals surface area (Å²) in [5.41, 5.74) is 1.33. The number of halogens is 1. The second-order valence-electron chi connectivity index (χ2n) is 10.2. The van der Waals surface area contributed by atoms with Gasteiger partial charge in [0.15, 0.2) is 17.3 Å². The molecule has 0 N–H and O–H groups in total. The third kappa shape index (κ3) is 5.33. The minimum Gasteiger partial charge on any atom is -0.496 e. The molecule has 0 amide bonds. The van der Waals surface area contributed by atoms with Gasteiger partial charge in [0.1, 0.15) is 11.3 Å². The number of nitrogens with zero attached hydrogens (tertiary/aromatic N) is 3. The van der Waals surface area contributed by atoms with E-state index in [0.29, 0.717) is 56.7 Å². The van der Waals surface area contributed by atoms with Gasteiger partial charge < -0.3 is 18.6 Å². The summed E-state index contributed by atoms with van der Waals surface area (Å²) in [6.07, 6.45) is 1.52. The van der Waals surface area contributed by atoms with Gasteiger partial charge in [-0.25, -0.2) is 4.98 Å². The van der Waals surface area contributed by atoms with Crippen LogP contribution >= 0.6 is 11.6 Å². The van der Waals surface area contributed by atoms with Gasteiger partial charge in [-0.05, 0) is 53.4 Å². The Balaban J connectivity index is 1.62. The summed E-state index contributed by atoms with van der Waals surface area (Å²) in [6.45, 7) is 6.67. The third-order valence-electron chi connectivity index (χ3n) is 5.94. The van der Waals surface area contributed by atoms with Crippen molar-refractivity contribution in [2.75, 3.05) is 20.8 Å². The molecule has 0 aliphatic carbocycles. The van der Waals surface area contributed by atoms with E-state index in [2.05, 4.69) is 25.9 Å². The average molecular weight is 546 g/mol. The fourth-order valence-electron chi connectivity index (χ4n) is 4.08. The number of furan rings is 1. The maximum absolute atomic E-state index is 13.6. The van der Waals surface area contributed by atoms with E-state index in [4.69, 9.17) is 35.2 Å². The maximum atomic E-state index is 13.6. The summed E-state index contributed by atoms with van der Waals surface area (Å²) < 4.78 is 24.3. The van der Waals surface area contributed by atoms with E-state index in [-0.39, 0.29) is 16.8 Å². The monoisotopic (exact) mass is 545 g/mol. The molecule has 0 aliphatic rings. The van der Waals surface area contributed by atoms with Gasteiger partial charge in [-0.1, -0.05) is 50.6 Å². The zero-order valence-corrected chi connectivity index (χ0v) is 23.1. The number of para-hydroxylation sites is 1. The molecule has 200 valence electrons. The molecule has 39 heavy (non-hydrogen) atoms. The molecule has 0 fully saturated rings. The quantitative estimate of drug-likeness (QED) is 0.209. The molecule has 0 saturated carbocycles. The lowest BCUT2D eigenvalue weighted by Crippen LogP contribution is -2.20. The van der Waals surface area contributed by atoms with Crippen molar-refractivity contribution < 1.29 is 18.6 Å². The molecule has 0 bridgehead atoms. The molecule has 8 nitrogen and oxygen atoms in total. The van der Waals surface area contributed by atoms with E-state index in [9.17, 15) is 4.79 Å². The van der Waals surface area contributed by atoms with Crippen molar-refractivity contribution in [1.82, 2.24) is 9.66 Å². The zero-order chi connectivity index (χ0) is 27.7. The molecule has 9 heteroatoms. The SMILES string of the molecule is COc1cc(C=Nn2c(-c3cc4c(OC)cccc4o3)nc3ccccc3c2=O)cc(Cl)c1OCC(C)(C)C. The molecule has 0 aliphatic heterocycles. The molecule has 0 atom stereocenters. The molecule has 5 rings (SSSR count). The van der Waals surface area contributed by atoms with Crippen LogP contribution in [0.25, 0.3) is 33.5 Å². The van der Waals surface area contributed by atoms with Gasteiger partial charge in [0.2, 0.25) is 5.82 Å². The summed E-state index contributed by atoms with van der Waals surface area (Å²) in [7, 11) is 3.14. The minimum atomic E-state index is -0.345. The second-order valence-corrected chi connectivity index (χ2v) is 10.6. The van der Waals surface area contributed by atoms with Crippen LogP contribution in [0, 0.1) is 5.41 Å². The first-order valence-electron chi connectivity index (χ1n) is 12.3. The summed E-state index contributed by atoms with van der Waals surface area (Å²) in [6, 6.07) is 17.8. The fourth-order valence-corrected chi connectivity index (χ4v) is 4.35. The molecule has 3 aromatic carbocycles. The fraction of sp³-hybridized carbons (Fsp3) is 0.233. The molecule has 0 radical (unpaired) electrons. The molecule has 2 heterocycles. The lowest BCUT2D eigenvalue weighted by molar-refractivity contribution is 0.191. The zero-order valence-electron chi connectivity index (χ0n) is 22.3. The Kier molecular flexibility index (Phi) is 7.06. The number of hydrogen-bond donors (Lipinski definition) is 0. The Morgan fingerprint density at radius 1 is 1.00 bits per heavy atom. The van der Waals surface area contributed by atoms with Crippen molar-refractivity contribution in [3.05, 3.63) is 81.6 Å². The second kappa shape index (κ2) is 10.5. The van der Waals surface area contributed by atoms with Crippen molar-refractivity contribution in [3.8, 4) is 28.8 Å². The van der Waals surface area contributed by atoms with Crippen LogP contribution in [0.4, 0.5) is 0 Å². The van der Waals surface area contributed by atoms with Gasteiger partial charge in [0, 0.05) is 0 Å². The first-order chi connectivity index (χ1) is 18.7. The number of benzene rings is 3. The van der Waals surface area contributed by atoms with Gasteiger partial charge in [-0.2, -0.15) is 9.78 Å². The molecule has 2 aromatic heterocycles. The van der Waals surface area contributed by atoms with Crippen LogP contribution in [0.2, 0.25) is 5.02 Å². The molecular formula is C30H28ClN3O5. The van der Waals surface area contributed by atoms with E-state index < -0.39 is 0 Å². The first-order valence-corrected chi connectivity index (χ1v) is 12.7. The van der Waals surface area contributed by atoms with Crippen LogP contribution < -0.4 is 19.8 Å². The third-order valence-corrected chi connectivity index (χ3v) is 6.22. The van der Waals surface area contributed by atoms with Crippen molar-refractivity contribution >= 4 is 39.7 Å². The van der Waals surface area contributed by atoms with Gasteiger partial charge >= 0.3 is 0 Å². The topological polar surface area (TPSA) is 88.1 Å². The average Bonchev–Trinajstić information content (AvgIpc) is 3.35. The smallest absolute Gasteiger partial charge is 0.282 e. The van der Waals surface area contributed by atoms with Crippen molar-refractivity contribution in [2.24, 2.45) is 10.5 Å². The number of rotatable bonds is 7. The Hall–Kier alpha value is -4.30. The van der Waals surface area contributed by atoms with E-state index in [0.717, 1.165) is 5.39 Å². The van der Waals surface area contributed by atoms with Crippen molar-refractivity contribution in [1.29, 1.82) is 0 Å². The Morgan fingerprint density at radius 3 is 2.51 bits per heavy atom. The van der Waals surface area contributed by atoms with E-state index >= 15 is 0 Å². The van der Waals surface area contributed by atoms with Gasteiger partial charge in [0.25, 0.3) is 5.56 Å². The van der Waals surface area contributed by atoms with Crippen molar-refractivity contribution in [3.63, 3.8) is 0 Å². The Bertz CT molecular complexity index is 1770. The highest BCUT2D eigenvalue weighted by atomic mass is 35.5. The van der Waals surface area contributed by atoms with Gasteiger partial charge in [-0.15, -0.1) is 0 Å². The van der Waals surface area contributed by atoms with Crippen LogP contribution in [0.1, 0.15) is 26.3 Å². The number of methoxy groups -OCH3 is 2. The minimum absolute atomic E-state index is 0.0597. The molecule has 0 unspecified atom stereocenters. The van der Waals surface area contributed by atoms with E-state index in [1.165, 1.54) is 10.9 Å². The van der Waals surface area contributed by atoms with Crippen LogP contribution in [-0.4, -0.2) is 36.7 Å². The van der Waals surface area contributed by atoms with Crippen LogP contribution in [0.15, 0.2) is 75.0 Å². The molecular weight excluding hydrogens is 518 g/mol. The van der Waals surface area contributed by atoms with E-state index in [1.807, 2.05) is 24.3 Å². The molecule has 0 saturated heterocycles. The number of fused-ring (bicyclic) bond motifs is 2. The normalized spacial score (nSPS) is 11.9. The lowest BCUT2D eigenvalue weighted by atomic mass is 9.99. The maximum Gasteiger partial charge on any atom is 0.282 e. The Morgan fingerprint density at radius 2 is 1.77 bits per heavy atom. The van der Waals surface area contributed by atoms with Crippen molar-refractivity contribution in [2.45, 2.75) is 20.8 Å². The highest BCUT2D eigenvalue weighted by Gasteiger charge is 2.19. The summed E-state index contributed by atoms with van der Waals surface area (Å²) in [5.74, 6) is 2.18. The summed E-state index contributed by atoms with van der Waals surface area (Å²) >= 11 is 6.56. The van der Waals surface area contributed by atoms with Gasteiger partial charge in [0.05, 0.1) is 48.4 Å². The van der Waals surface area contributed by atoms with Gasteiger partial charge in [-0.3, -0.25) is 4.79 Å². The summed E-state index contributed by atoms with van der Waals surface area (Å²) in [4.78, 5) is 18.3. The first kappa shape index (κ1) is 26.3. The molecule has 5 aromatic rings. The van der Waals surface area contributed by atoms with E-state index in [1.54, 1.807) is 50.6 Å². The number of ether oxygens (including phenoxy) is 3. The predicted molar refractivity (Wildman–Crippen MR) is 154 cm³/mol. The molecule has 0 spiro atoms. The Labute approximate surface area is 230 Å². The number of aromatic nitrogens is 2. The van der Waals surface area contributed by atoms with Crippen LogP contribution in [-0.2, 0) is 0 Å². The van der Waals surface area contributed by atoms with Crippen LogP contribution in [0.3, 0.4) is 0 Å². The predicted octanol–water partition coefficient (Wildman–Crippen LogP) is 6.79. The standard InChI is InChI=1S/C30H28ClN3O5/c1-30(2,3)17-38-27-21(31)13-18(14-25(27)37-5)16-32-34-28(33-22-10-7-6-9-19(22)29(34)35)26-15-20-23(36-4)11-8-12-24(20)39-26/h6-16H,17H2,1-5H3. The summed E-state index contributed by atoms with van der Waals surface area (Å²) in [5, 5.41) is 6.07. The highest BCUT2D eigenvalue weighted by molar-refractivity contribution is 6.32. The lowest BCUT2D eigenvalue weighted by Gasteiger charge is -2.21. The largest absolute Gasteiger partial charge is 0.496 e. The highest BCUT2D eigenvalue weighted by Crippen LogP contribution is 2.37. The van der Waals surface area contributed by atoms with Crippen LogP contribution in [0.5, 0.6) is 17.2 Å².